The van der Waals surface area contributed by atoms with E-state index in [0.29, 0.717) is 5.75 Å². The summed E-state index contributed by atoms with van der Waals surface area (Å²) in [6.45, 7) is 1.41. The molecule has 4 rings (SSSR count). The van der Waals surface area contributed by atoms with Crippen molar-refractivity contribution < 1.29 is 14.3 Å². The van der Waals surface area contributed by atoms with Crippen molar-refractivity contribution in [3.8, 4) is 5.69 Å². The zero-order valence-electron chi connectivity index (χ0n) is 13.7. The van der Waals surface area contributed by atoms with Crippen molar-refractivity contribution in [2.75, 3.05) is 5.75 Å². The number of nitrogens with zero attached hydrogens (tertiary/aromatic N) is 1. The van der Waals surface area contributed by atoms with Crippen molar-refractivity contribution in [3.63, 3.8) is 0 Å². The minimum atomic E-state index is -0.463. The fraction of sp³-hybridized carbons (Fsp3) is 0.200. The zero-order valence-corrected chi connectivity index (χ0v) is 14.5. The predicted octanol–water partition coefficient (Wildman–Crippen LogP) is 2.20. The lowest BCUT2D eigenvalue weighted by Gasteiger charge is -2.20. The first-order valence-electron chi connectivity index (χ1n) is 8.13. The second-order valence-electron chi connectivity index (χ2n) is 6.04. The average Bonchev–Trinajstić information content (AvgIpc) is 2.97. The molecule has 2 aromatic rings. The number of para-hydroxylation sites is 1. The van der Waals surface area contributed by atoms with Crippen molar-refractivity contribution in [1.82, 2.24) is 4.57 Å². The van der Waals surface area contributed by atoms with E-state index < -0.39 is 6.10 Å². The van der Waals surface area contributed by atoms with Gasteiger partial charge in [0.05, 0.1) is 16.6 Å². The summed E-state index contributed by atoms with van der Waals surface area (Å²) in [7, 11) is 0. The first-order valence-corrected chi connectivity index (χ1v) is 9.18. The molecule has 0 saturated heterocycles. The summed E-state index contributed by atoms with van der Waals surface area (Å²) in [6, 6.07) is 10.0. The minimum absolute atomic E-state index is 0.207. The number of thioether (sulfide) groups is 1. The Hall–Kier alpha value is -2.53. The molecule has 25 heavy (non-hydrogen) atoms. The normalized spacial score (nSPS) is 20.7. The lowest BCUT2D eigenvalue weighted by atomic mass is 9.94. The molecule has 1 aromatic carbocycles. The van der Waals surface area contributed by atoms with Crippen LogP contribution >= 0.6 is 11.8 Å². The molecule has 0 saturated carbocycles. The molecule has 2 aliphatic rings. The Bertz CT molecular complexity index is 988. The molecule has 126 valence electrons. The number of hydrogen-bond acceptors (Lipinski definition) is 4. The molecular formula is C20H17NO3S. The van der Waals surface area contributed by atoms with Crippen molar-refractivity contribution in [2.45, 2.75) is 18.9 Å². The molecule has 0 amide bonds. The molecule has 4 nitrogen and oxygen atoms in total. The van der Waals surface area contributed by atoms with Gasteiger partial charge in [0.1, 0.15) is 12.4 Å². The highest BCUT2D eigenvalue weighted by Crippen LogP contribution is 2.31. The molecular weight excluding hydrogens is 334 g/mol. The van der Waals surface area contributed by atoms with E-state index >= 15 is 0 Å². The summed E-state index contributed by atoms with van der Waals surface area (Å²) in [5.74, 6) is 0.167. The molecule has 0 N–H and O–H groups in total. The van der Waals surface area contributed by atoms with E-state index in [1.807, 2.05) is 48.6 Å². The van der Waals surface area contributed by atoms with E-state index in [1.165, 1.54) is 6.92 Å². The van der Waals surface area contributed by atoms with Gasteiger partial charge in [-0.25, -0.2) is 0 Å². The number of carbonyl (C=O) groups is 2. The van der Waals surface area contributed by atoms with Gasteiger partial charge in [-0.3, -0.25) is 4.79 Å². The van der Waals surface area contributed by atoms with Crippen LogP contribution in [-0.2, 0) is 14.3 Å². The second kappa shape index (κ2) is 6.41. The van der Waals surface area contributed by atoms with Gasteiger partial charge >= 0.3 is 5.97 Å². The molecule has 0 fully saturated rings. The fourth-order valence-electron chi connectivity index (χ4n) is 3.51. The smallest absolute Gasteiger partial charge is 0.303 e. The van der Waals surface area contributed by atoms with Crippen molar-refractivity contribution in [2.24, 2.45) is 0 Å². The number of carbonyl (C=O) groups excluding carboxylic acids is 2. The van der Waals surface area contributed by atoms with E-state index in [9.17, 15) is 9.59 Å². The summed E-state index contributed by atoms with van der Waals surface area (Å²) in [5.41, 5.74) is 2.92. The van der Waals surface area contributed by atoms with E-state index in [2.05, 4.69) is 9.98 Å². The Morgan fingerprint density at radius 2 is 2.04 bits per heavy atom. The number of fused-ring (bicyclic) bond motifs is 3. The van der Waals surface area contributed by atoms with Gasteiger partial charge in [-0.1, -0.05) is 24.3 Å². The van der Waals surface area contributed by atoms with Crippen LogP contribution < -0.4 is 10.7 Å². The van der Waals surface area contributed by atoms with E-state index in [1.54, 1.807) is 11.8 Å². The summed E-state index contributed by atoms with van der Waals surface area (Å²) in [5, 5.41) is 4.07. The van der Waals surface area contributed by atoms with Gasteiger partial charge in [0.15, 0.2) is 0 Å². The van der Waals surface area contributed by atoms with Crippen LogP contribution in [-0.4, -0.2) is 22.6 Å². The second-order valence-corrected chi connectivity index (χ2v) is 6.95. The van der Waals surface area contributed by atoms with Crippen LogP contribution in [0.3, 0.4) is 0 Å². The summed E-state index contributed by atoms with van der Waals surface area (Å²) < 4.78 is 7.68. The number of hydrogen-bond donors (Lipinski definition) is 0. The van der Waals surface area contributed by atoms with Crippen LogP contribution in [0.5, 0.6) is 0 Å². The maximum atomic E-state index is 11.7. The van der Waals surface area contributed by atoms with Crippen LogP contribution in [0.25, 0.3) is 17.2 Å². The molecule has 0 radical (unpaired) electrons. The Labute approximate surface area is 149 Å². The maximum Gasteiger partial charge on any atom is 0.303 e. The highest BCUT2D eigenvalue weighted by atomic mass is 32.2. The summed E-state index contributed by atoms with van der Waals surface area (Å²) >= 11 is 1.64. The lowest BCUT2D eigenvalue weighted by molar-refractivity contribution is -0.144. The highest BCUT2D eigenvalue weighted by molar-refractivity contribution is 8.06. The quantitative estimate of drug-likeness (QED) is 0.628. The summed E-state index contributed by atoms with van der Waals surface area (Å²) in [4.78, 5) is 23.3. The van der Waals surface area contributed by atoms with Crippen LogP contribution in [0.4, 0.5) is 0 Å². The van der Waals surface area contributed by atoms with E-state index in [-0.39, 0.29) is 11.9 Å². The van der Waals surface area contributed by atoms with Crippen molar-refractivity contribution in [3.05, 3.63) is 64.3 Å². The fourth-order valence-corrected chi connectivity index (χ4v) is 4.45. The van der Waals surface area contributed by atoms with E-state index in [0.717, 1.165) is 33.8 Å². The molecule has 0 spiro atoms. The van der Waals surface area contributed by atoms with Gasteiger partial charge in [-0.05, 0) is 35.3 Å². The number of allylic oxidation sites excluding steroid dienone is 1. The summed E-state index contributed by atoms with van der Waals surface area (Å²) in [6.07, 6.45) is 6.32. The molecule has 2 heterocycles. The number of aldehydes is 1. The largest absolute Gasteiger partial charge is 0.453 e. The third kappa shape index (κ3) is 2.65. The minimum Gasteiger partial charge on any atom is -0.453 e. The van der Waals surface area contributed by atoms with Gasteiger partial charge in [0, 0.05) is 23.9 Å². The predicted molar refractivity (Wildman–Crippen MR) is 98.9 cm³/mol. The molecule has 5 heteroatoms. The van der Waals surface area contributed by atoms with Crippen LogP contribution in [0.15, 0.2) is 42.5 Å². The van der Waals surface area contributed by atoms with Gasteiger partial charge in [0.25, 0.3) is 0 Å². The van der Waals surface area contributed by atoms with Gasteiger partial charge in [-0.15, -0.1) is 11.8 Å². The van der Waals surface area contributed by atoms with E-state index in [4.69, 9.17) is 4.74 Å². The Morgan fingerprint density at radius 1 is 1.24 bits per heavy atom. The number of benzene rings is 1. The topological polar surface area (TPSA) is 48.3 Å². The molecule has 1 aliphatic carbocycles. The van der Waals surface area contributed by atoms with Gasteiger partial charge in [0.2, 0.25) is 0 Å². The van der Waals surface area contributed by atoms with Crippen molar-refractivity contribution >= 4 is 35.5 Å². The average molecular weight is 351 g/mol. The first kappa shape index (κ1) is 16.0. The highest BCUT2D eigenvalue weighted by Gasteiger charge is 2.30. The Morgan fingerprint density at radius 3 is 2.76 bits per heavy atom. The van der Waals surface area contributed by atoms with Crippen LogP contribution in [0.1, 0.15) is 30.1 Å². The first-order chi connectivity index (χ1) is 12.2. The van der Waals surface area contributed by atoms with Gasteiger partial charge in [-0.2, -0.15) is 0 Å². The molecule has 1 aromatic heterocycles. The molecule has 2 atom stereocenters. The number of aromatic nitrogens is 1. The molecule has 1 aliphatic heterocycles. The maximum absolute atomic E-state index is 11.7. The third-order valence-corrected chi connectivity index (χ3v) is 5.40. The third-order valence-electron chi connectivity index (χ3n) is 4.46. The lowest BCUT2D eigenvalue weighted by Crippen LogP contribution is -2.28. The van der Waals surface area contributed by atoms with Crippen LogP contribution in [0.2, 0.25) is 0 Å². The number of ether oxygens (including phenoxy) is 1. The van der Waals surface area contributed by atoms with Gasteiger partial charge < -0.3 is 14.1 Å². The monoisotopic (exact) mass is 351 g/mol. The Balaban J connectivity index is 2.06. The van der Waals surface area contributed by atoms with Crippen LogP contribution in [0, 0.1) is 0 Å². The molecule has 2 unspecified atom stereocenters. The number of esters is 1. The Kier molecular flexibility index (Phi) is 4.09. The van der Waals surface area contributed by atoms with Crippen molar-refractivity contribution in [1.29, 1.82) is 0 Å². The zero-order chi connectivity index (χ0) is 17.4. The molecule has 0 bridgehead atoms. The SMILES string of the molecule is CC(=O)OC1C=CC=c2c1c1c(n2-c2ccccc2)=CSCC1C=O. The standard InChI is InChI=1S/C20H17NO3S/c1-13(23)24-18-9-5-8-16-20(18)19-14(10-22)11-25-12-17(19)21(16)15-6-3-2-4-7-15/h2-10,12,14,18H,11H2,1H3. The number of rotatable bonds is 3.